The predicted molar refractivity (Wildman–Crippen MR) is 135 cm³/mol. The number of nitrogens with zero attached hydrogens (tertiary/aromatic N) is 2. The Labute approximate surface area is 199 Å². The van der Waals surface area contributed by atoms with Crippen LogP contribution in [0.3, 0.4) is 0 Å². The molecule has 1 aliphatic rings. The van der Waals surface area contributed by atoms with Crippen molar-refractivity contribution in [3.8, 4) is 0 Å². The zero-order chi connectivity index (χ0) is 25.6. The van der Waals surface area contributed by atoms with Crippen LogP contribution in [-0.4, -0.2) is 32.3 Å². The Balaban J connectivity index is 0.000000318. The summed E-state index contributed by atoms with van der Waals surface area (Å²) in [5.74, 6) is 0.282. The van der Waals surface area contributed by atoms with Crippen molar-refractivity contribution < 1.29 is 18.0 Å². The number of nitrogens with one attached hydrogen (secondary N) is 1. The van der Waals surface area contributed by atoms with Crippen LogP contribution in [0.2, 0.25) is 0 Å². The third kappa shape index (κ3) is 9.56. The molecule has 0 atom stereocenters. The van der Waals surface area contributed by atoms with Crippen LogP contribution < -0.4 is 21.7 Å². The van der Waals surface area contributed by atoms with E-state index < -0.39 is 11.7 Å². The van der Waals surface area contributed by atoms with Gasteiger partial charge < -0.3 is 21.7 Å². The van der Waals surface area contributed by atoms with Gasteiger partial charge in [-0.25, -0.2) is 0 Å². The Morgan fingerprint density at radius 1 is 1.09 bits per heavy atom. The Bertz CT molecular complexity index is 952. The minimum Gasteiger partial charge on any atom is -0.398 e. The normalized spacial score (nSPS) is 13.9. The highest BCUT2D eigenvalue weighted by Crippen LogP contribution is 2.30. The number of aldehydes is 1. The van der Waals surface area contributed by atoms with Gasteiger partial charge in [-0.1, -0.05) is 19.9 Å². The molecule has 1 saturated heterocycles. The Morgan fingerprint density at radius 2 is 1.76 bits per heavy atom. The third-order valence-electron chi connectivity index (χ3n) is 4.87. The first kappa shape index (κ1) is 28.5. The summed E-state index contributed by atoms with van der Waals surface area (Å²) in [6.45, 7) is 6.17. The molecule has 1 heterocycles. The summed E-state index contributed by atoms with van der Waals surface area (Å²) in [5.41, 5.74) is 13.0. The quantitative estimate of drug-likeness (QED) is 0.222. The van der Waals surface area contributed by atoms with E-state index in [0.717, 1.165) is 37.2 Å². The minimum absolute atomic E-state index is 0.282. The summed E-state index contributed by atoms with van der Waals surface area (Å²) < 4.78 is 37.2. The number of piperidine rings is 1. The number of nitrogens with two attached hydrogens (primary N) is 2. The number of alkyl halides is 3. The molecule has 2 aromatic carbocycles. The van der Waals surface area contributed by atoms with E-state index in [9.17, 15) is 18.0 Å². The summed E-state index contributed by atoms with van der Waals surface area (Å²) >= 11 is 0. The van der Waals surface area contributed by atoms with Crippen LogP contribution in [-0.2, 0) is 6.18 Å². The molecule has 1 fully saturated rings. The molecule has 6 nitrogen and oxygen atoms in total. The molecule has 0 unspecified atom stereocenters. The van der Waals surface area contributed by atoms with Gasteiger partial charge in [0.15, 0.2) is 6.29 Å². The fourth-order valence-corrected chi connectivity index (χ4v) is 3.10. The fraction of sp³-hybridized carbons (Fsp3) is 0.360. The van der Waals surface area contributed by atoms with E-state index >= 15 is 0 Å². The Hall–Kier alpha value is -3.49. The van der Waals surface area contributed by atoms with Crippen molar-refractivity contribution in [3.05, 3.63) is 65.9 Å². The van der Waals surface area contributed by atoms with Crippen molar-refractivity contribution in [2.24, 2.45) is 10.7 Å². The van der Waals surface area contributed by atoms with Gasteiger partial charge in [0.1, 0.15) is 5.84 Å². The van der Waals surface area contributed by atoms with Gasteiger partial charge in [0, 0.05) is 49.0 Å². The van der Waals surface area contributed by atoms with E-state index in [1.807, 2.05) is 32.0 Å². The van der Waals surface area contributed by atoms with Crippen molar-refractivity contribution in [1.82, 2.24) is 0 Å². The van der Waals surface area contributed by atoms with Crippen LogP contribution >= 0.6 is 0 Å². The monoisotopic (exact) mass is 477 g/mol. The minimum atomic E-state index is -4.34. The van der Waals surface area contributed by atoms with Crippen LogP contribution in [0, 0.1) is 0 Å². The molecule has 9 heteroatoms. The average molecular weight is 478 g/mol. The Morgan fingerprint density at radius 3 is 2.35 bits per heavy atom. The maximum absolute atomic E-state index is 12.4. The highest BCUT2D eigenvalue weighted by molar-refractivity contribution is 5.91. The van der Waals surface area contributed by atoms with Crippen molar-refractivity contribution in [3.63, 3.8) is 0 Å². The first-order valence-electron chi connectivity index (χ1n) is 11.2. The molecule has 0 amide bonds. The lowest BCUT2D eigenvalue weighted by Crippen LogP contribution is -2.29. The second-order valence-electron chi connectivity index (χ2n) is 7.18. The highest BCUT2D eigenvalue weighted by atomic mass is 19.4. The van der Waals surface area contributed by atoms with E-state index in [-0.39, 0.29) is 5.84 Å². The van der Waals surface area contributed by atoms with Crippen LogP contribution in [0.4, 0.5) is 30.2 Å². The van der Waals surface area contributed by atoms with Crippen molar-refractivity contribution in [2.75, 3.05) is 36.1 Å². The van der Waals surface area contributed by atoms with E-state index in [0.29, 0.717) is 16.9 Å². The molecule has 5 N–H and O–H groups in total. The molecule has 0 aliphatic carbocycles. The summed E-state index contributed by atoms with van der Waals surface area (Å²) in [4.78, 5) is 16.7. The topological polar surface area (TPSA) is 96.7 Å². The molecule has 186 valence electrons. The van der Waals surface area contributed by atoms with Gasteiger partial charge in [-0.15, -0.1) is 0 Å². The van der Waals surface area contributed by atoms with Gasteiger partial charge >= 0.3 is 6.18 Å². The van der Waals surface area contributed by atoms with E-state index in [2.05, 4.69) is 15.2 Å². The molecule has 34 heavy (non-hydrogen) atoms. The molecule has 3 rings (SSSR count). The molecule has 0 aromatic heterocycles. The maximum atomic E-state index is 12.4. The summed E-state index contributed by atoms with van der Waals surface area (Å²) in [6, 6.07) is 10.6. The summed E-state index contributed by atoms with van der Waals surface area (Å²) in [7, 11) is 1.52. The second-order valence-corrected chi connectivity index (χ2v) is 7.18. The molecule has 0 bridgehead atoms. The lowest BCUT2D eigenvalue weighted by molar-refractivity contribution is -0.137. The van der Waals surface area contributed by atoms with Gasteiger partial charge in [-0.2, -0.15) is 13.2 Å². The number of carbonyl (C=O) groups excluding carboxylic acids is 1. The van der Waals surface area contributed by atoms with Gasteiger partial charge in [0.2, 0.25) is 0 Å². The zero-order valence-corrected chi connectivity index (χ0v) is 19.9. The van der Waals surface area contributed by atoms with Crippen molar-refractivity contribution >= 4 is 29.2 Å². The molecule has 0 saturated carbocycles. The Kier molecular flexibility index (Phi) is 12.3. The maximum Gasteiger partial charge on any atom is 0.416 e. The lowest BCUT2D eigenvalue weighted by atomic mass is 10.1. The van der Waals surface area contributed by atoms with Crippen LogP contribution in [0.5, 0.6) is 0 Å². The van der Waals surface area contributed by atoms with Crippen molar-refractivity contribution in [2.45, 2.75) is 39.3 Å². The number of hydrogen-bond acceptors (Lipinski definition) is 5. The summed E-state index contributed by atoms with van der Waals surface area (Å²) in [6.07, 6.45) is 3.15. The number of benzene rings is 2. The molecule has 2 aromatic rings. The number of nitrogen functional groups attached to an aromatic ring is 1. The number of rotatable bonds is 5. The number of amidine groups is 1. The number of halogens is 3. The van der Waals surface area contributed by atoms with Gasteiger partial charge in [-0.3, -0.25) is 9.79 Å². The third-order valence-corrected chi connectivity index (χ3v) is 4.87. The average Bonchev–Trinajstić information content (AvgIpc) is 2.86. The molecular formula is C25H34F3N5O. The number of anilines is 3. The standard InChI is InChI=1S/C12H16N2O.C11H12F3N3.C2H6/c13-12-5-4-11(8-10(12)9-15)14-6-2-1-3-7-14;1-16-10(15)5-6-17-9-4-2-3-8(7-9)11(12,13)14;1-2/h4-5,8-9H,1-3,6-7,13H2;2-7,17H,1H3,(H2,15,16);1-2H3/b;6-5-;. The second kappa shape index (κ2) is 14.6. The highest BCUT2D eigenvalue weighted by Gasteiger charge is 2.30. The zero-order valence-electron chi connectivity index (χ0n) is 19.9. The largest absolute Gasteiger partial charge is 0.416 e. The van der Waals surface area contributed by atoms with Gasteiger partial charge in [0.05, 0.1) is 5.56 Å². The summed E-state index contributed by atoms with van der Waals surface area (Å²) in [5, 5.41) is 2.68. The fourth-order valence-electron chi connectivity index (χ4n) is 3.10. The molecule has 0 spiro atoms. The smallest absolute Gasteiger partial charge is 0.398 e. The predicted octanol–water partition coefficient (Wildman–Crippen LogP) is 5.72. The van der Waals surface area contributed by atoms with E-state index in [4.69, 9.17) is 11.5 Å². The van der Waals surface area contributed by atoms with Crippen LogP contribution in [0.1, 0.15) is 49.0 Å². The SMILES string of the molecule is CC.CN=C(N)/C=C\Nc1cccc(C(F)(F)F)c1.Nc1ccc(N2CCCCC2)cc1C=O. The van der Waals surface area contributed by atoms with Crippen LogP contribution in [0.25, 0.3) is 0 Å². The number of aliphatic imine (C=N–C) groups is 1. The molecular weight excluding hydrogens is 443 g/mol. The molecule has 1 aliphatic heterocycles. The van der Waals surface area contributed by atoms with Gasteiger partial charge in [-0.05, 0) is 61.7 Å². The van der Waals surface area contributed by atoms with Crippen molar-refractivity contribution in [1.29, 1.82) is 0 Å². The van der Waals surface area contributed by atoms with E-state index in [1.54, 1.807) is 0 Å². The van der Waals surface area contributed by atoms with E-state index in [1.165, 1.54) is 50.7 Å². The molecule has 0 radical (unpaired) electrons. The first-order valence-corrected chi connectivity index (χ1v) is 11.2. The number of carbonyl (C=O) groups is 1. The van der Waals surface area contributed by atoms with Gasteiger partial charge in [0.25, 0.3) is 0 Å². The lowest BCUT2D eigenvalue weighted by Gasteiger charge is -2.29. The van der Waals surface area contributed by atoms with Crippen LogP contribution in [0.15, 0.2) is 59.7 Å². The number of hydrogen-bond donors (Lipinski definition) is 3. The first-order chi connectivity index (χ1) is 16.2.